The van der Waals surface area contributed by atoms with Gasteiger partial charge in [-0.15, -0.1) is 0 Å². The summed E-state index contributed by atoms with van der Waals surface area (Å²) in [4.78, 5) is 23.0. The number of urea groups is 1. The van der Waals surface area contributed by atoms with Crippen molar-refractivity contribution in [2.24, 2.45) is 5.92 Å². The summed E-state index contributed by atoms with van der Waals surface area (Å²) in [5, 5.41) is 11.2. The van der Waals surface area contributed by atoms with Crippen LogP contribution in [0.3, 0.4) is 0 Å². The van der Waals surface area contributed by atoms with Gasteiger partial charge in [0.05, 0.1) is 24.9 Å². The van der Waals surface area contributed by atoms with Crippen LogP contribution in [0.4, 0.5) is 23.8 Å². The number of aliphatic hydroxyl groups is 1. The van der Waals surface area contributed by atoms with E-state index in [1.54, 1.807) is 6.92 Å². The van der Waals surface area contributed by atoms with E-state index in [9.17, 15) is 23.1 Å². The summed E-state index contributed by atoms with van der Waals surface area (Å²) in [6.07, 6.45) is -2.58. The molecule has 2 aliphatic rings. The second-order valence-corrected chi connectivity index (χ2v) is 7.59. The molecule has 2 amide bonds. The number of hydroxylamine groups is 2. The summed E-state index contributed by atoms with van der Waals surface area (Å²) in [6.45, 7) is 3.73. The number of alkyl halides is 3. The fourth-order valence-corrected chi connectivity index (χ4v) is 4.08. The van der Waals surface area contributed by atoms with Crippen molar-refractivity contribution in [1.82, 2.24) is 10.0 Å². The highest BCUT2D eigenvalue weighted by Crippen LogP contribution is 2.36. The van der Waals surface area contributed by atoms with Crippen molar-refractivity contribution < 1.29 is 32.6 Å². The average Bonchev–Trinajstić information content (AvgIpc) is 2.90. The highest BCUT2D eigenvalue weighted by molar-refractivity contribution is 5.93. The number of ether oxygens (including phenoxy) is 1. The summed E-state index contributed by atoms with van der Waals surface area (Å²) in [7, 11) is 1.31. The van der Waals surface area contributed by atoms with Gasteiger partial charge in [-0.05, 0) is 44.2 Å². The van der Waals surface area contributed by atoms with Crippen LogP contribution in [0.15, 0.2) is 18.3 Å². The second-order valence-electron chi connectivity index (χ2n) is 7.59. The molecule has 2 heterocycles. The van der Waals surface area contributed by atoms with Crippen molar-refractivity contribution in [3.05, 3.63) is 23.9 Å². The number of aromatic nitrogens is 1. The van der Waals surface area contributed by atoms with Crippen molar-refractivity contribution in [3.63, 3.8) is 0 Å². The molecular formula is C19H26F3N3O4. The molecule has 0 bridgehead atoms. The Morgan fingerprint density at radius 2 is 2.03 bits per heavy atom. The first-order chi connectivity index (χ1) is 13.7. The zero-order valence-electron chi connectivity index (χ0n) is 16.6. The van der Waals surface area contributed by atoms with Crippen molar-refractivity contribution in [2.45, 2.75) is 70.2 Å². The number of amides is 2. The number of halogens is 3. The summed E-state index contributed by atoms with van der Waals surface area (Å²) in [6, 6.07) is 0.439. The molecule has 0 aromatic carbocycles. The molecular weight excluding hydrogens is 391 g/mol. The van der Waals surface area contributed by atoms with Gasteiger partial charge in [0.15, 0.2) is 6.23 Å². The van der Waals surface area contributed by atoms with E-state index in [4.69, 9.17) is 9.57 Å². The Morgan fingerprint density at radius 3 is 2.66 bits per heavy atom. The maximum Gasteiger partial charge on any atom is 0.416 e. The van der Waals surface area contributed by atoms with E-state index in [0.29, 0.717) is 19.3 Å². The Balaban J connectivity index is 1.90. The van der Waals surface area contributed by atoms with Crippen LogP contribution >= 0.6 is 0 Å². The molecule has 29 heavy (non-hydrogen) atoms. The van der Waals surface area contributed by atoms with Gasteiger partial charge < -0.3 is 9.84 Å². The van der Waals surface area contributed by atoms with Crippen LogP contribution in [0, 0.1) is 5.92 Å². The normalized spacial score (nSPS) is 30.9. The number of rotatable bonds is 5. The predicted octanol–water partition coefficient (Wildman–Crippen LogP) is 3.57. The molecule has 162 valence electrons. The highest BCUT2D eigenvalue weighted by Gasteiger charge is 2.48. The number of hydrogen-bond acceptors (Lipinski definition) is 5. The minimum Gasteiger partial charge on any atom is -0.393 e. The Kier molecular flexibility index (Phi) is 6.35. The first kappa shape index (κ1) is 21.8. The second kappa shape index (κ2) is 8.45. The monoisotopic (exact) mass is 417 g/mol. The number of pyridine rings is 1. The average molecular weight is 417 g/mol. The maximum atomic E-state index is 13.1. The van der Waals surface area contributed by atoms with Gasteiger partial charge in [-0.3, -0.25) is 4.84 Å². The zero-order valence-corrected chi connectivity index (χ0v) is 16.6. The van der Waals surface area contributed by atoms with E-state index < -0.39 is 36.1 Å². The van der Waals surface area contributed by atoms with Gasteiger partial charge >= 0.3 is 12.2 Å². The SMILES string of the molecule is CCC1CC(O)CC(OC2[C@H](C)N(OC)C(=O)N2c2cc(C(F)(F)F)ccn2)C1. The molecule has 1 aliphatic carbocycles. The van der Waals surface area contributed by atoms with Crippen LogP contribution in [0.1, 0.15) is 45.1 Å². The van der Waals surface area contributed by atoms with Crippen LogP contribution in [0.5, 0.6) is 0 Å². The van der Waals surface area contributed by atoms with Gasteiger partial charge in [0, 0.05) is 6.20 Å². The summed E-state index contributed by atoms with van der Waals surface area (Å²) in [5.74, 6) is 0.124. The fraction of sp³-hybridized carbons (Fsp3) is 0.684. The summed E-state index contributed by atoms with van der Waals surface area (Å²) < 4.78 is 45.6. The molecule has 2 fully saturated rings. The van der Waals surface area contributed by atoms with E-state index in [2.05, 4.69) is 4.98 Å². The molecule has 0 radical (unpaired) electrons. The van der Waals surface area contributed by atoms with Gasteiger partial charge in [0.2, 0.25) is 0 Å². The van der Waals surface area contributed by atoms with Crippen LogP contribution < -0.4 is 4.90 Å². The number of carbonyl (C=O) groups excluding carboxylic acids is 1. The third kappa shape index (κ3) is 4.49. The van der Waals surface area contributed by atoms with Gasteiger partial charge in [-0.1, -0.05) is 13.3 Å². The molecule has 1 saturated carbocycles. The molecule has 0 spiro atoms. The fourth-order valence-electron chi connectivity index (χ4n) is 4.08. The number of nitrogens with zero attached hydrogens (tertiary/aromatic N) is 3. The first-order valence-electron chi connectivity index (χ1n) is 9.69. The Hall–Kier alpha value is -1.91. The largest absolute Gasteiger partial charge is 0.416 e. The standard InChI is InChI=1S/C19H26F3N3O4/c1-4-12-7-14(26)10-15(8-12)29-17-11(2)25(28-3)18(27)24(17)16-9-13(5-6-23-16)19(20,21)22/h5-6,9,11-12,14-15,17,26H,4,7-8,10H2,1-3H3/t11-,12?,14?,15?,17?/m0/s1. The van der Waals surface area contributed by atoms with E-state index in [1.165, 1.54) is 7.11 Å². The Bertz CT molecular complexity index is 733. The molecule has 4 unspecified atom stereocenters. The van der Waals surface area contributed by atoms with Crippen molar-refractivity contribution in [3.8, 4) is 0 Å². The van der Waals surface area contributed by atoms with Gasteiger partial charge in [0.25, 0.3) is 0 Å². The lowest BCUT2D eigenvalue weighted by Gasteiger charge is -2.35. The molecule has 5 atom stereocenters. The lowest BCUT2D eigenvalue weighted by Crippen LogP contribution is -2.44. The van der Waals surface area contributed by atoms with E-state index in [1.807, 2.05) is 6.92 Å². The number of anilines is 1. The third-order valence-electron chi connectivity index (χ3n) is 5.59. The lowest BCUT2D eigenvalue weighted by atomic mass is 9.84. The minimum absolute atomic E-state index is 0.162. The van der Waals surface area contributed by atoms with Gasteiger partial charge in [-0.2, -0.15) is 18.2 Å². The van der Waals surface area contributed by atoms with Crippen LogP contribution in [-0.4, -0.2) is 52.8 Å². The number of hydrogen-bond donors (Lipinski definition) is 1. The molecule has 3 rings (SSSR count). The Morgan fingerprint density at radius 1 is 1.31 bits per heavy atom. The van der Waals surface area contributed by atoms with Crippen LogP contribution in [-0.2, 0) is 15.8 Å². The summed E-state index contributed by atoms with van der Waals surface area (Å²) >= 11 is 0. The highest BCUT2D eigenvalue weighted by atomic mass is 19.4. The van der Waals surface area contributed by atoms with Crippen LogP contribution in [0.25, 0.3) is 0 Å². The van der Waals surface area contributed by atoms with E-state index in [-0.39, 0.29) is 17.8 Å². The molecule has 10 heteroatoms. The third-order valence-corrected chi connectivity index (χ3v) is 5.59. The zero-order chi connectivity index (χ0) is 21.3. The summed E-state index contributed by atoms with van der Waals surface area (Å²) in [5.41, 5.74) is -0.906. The van der Waals surface area contributed by atoms with E-state index >= 15 is 0 Å². The molecule has 1 aromatic heterocycles. The van der Waals surface area contributed by atoms with Gasteiger partial charge in [-0.25, -0.2) is 14.7 Å². The Labute approximate surface area is 167 Å². The molecule has 1 aliphatic heterocycles. The quantitative estimate of drug-likeness (QED) is 0.793. The topological polar surface area (TPSA) is 75.1 Å². The van der Waals surface area contributed by atoms with Gasteiger partial charge in [0.1, 0.15) is 11.9 Å². The van der Waals surface area contributed by atoms with E-state index in [0.717, 1.165) is 34.7 Å². The predicted molar refractivity (Wildman–Crippen MR) is 97.7 cm³/mol. The molecule has 7 nitrogen and oxygen atoms in total. The van der Waals surface area contributed by atoms with Crippen molar-refractivity contribution >= 4 is 11.8 Å². The molecule has 1 N–H and O–H groups in total. The lowest BCUT2D eigenvalue weighted by molar-refractivity contribution is -0.138. The first-order valence-corrected chi connectivity index (χ1v) is 9.69. The number of carbonyl (C=O) groups is 1. The van der Waals surface area contributed by atoms with Crippen molar-refractivity contribution in [2.75, 3.05) is 12.0 Å². The van der Waals surface area contributed by atoms with Crippen molar-refractivity contribution in [1.29, 1.82) is 0 Å². The maximum absolute atomic E-state index is 13.1. The smallest absolute Gasteiger partial charge is 0.393 e. The minimum atomic E-state index is -4.56. The number of aliphatic hydroxyl groups excluding tert-OH is 1. The molecule has 1 saturated heterocycles. The molecule has 1 aromatic rings. The van der Waals surface area contributed by atoms with Crippen LogP contribution in [0.2, 0.25) is 0 Å².